The van der Waals surface area contributed by atoms with Crippen LogP contribution in [0.15, 0.2) is 51.0 Å². The molecule has 0 aliphatic rings. The highest BCUT2D eigenvalue weighted by Gasteiger charge is 2.23. The Morgan fingerprint density at radius 1 is 1.20 bits per heavy atom. The molecule has 10 heteroatoms. The molecule has 0 amide bonds. The van der Waals surface area contributed by atoms with Crippen molar-refractivity contribution in [2.75, 3.05) is 13.1 Å². The van der Waals surface area contributed by atoms with Crippen LogP contribution >= 0.6 is 11.8 Å². The molecule has 160 valence electrons. The first-order valence-electron chi connectivity index (χ1n) is 9.49. The van der Waals surface area contributed by atoms with Crippen molar-refractivity contribution in [2.45, 2.75) is 42.9 Å². The number of hydrogen-bond acceptors (Lipinski definition) is 7. The summed E-state index contributed by atoms with van der Waals surface area (Å²) in [6.45, 7) is 7.95. The highest BCUT2D eigenvalue weighted by molar-refractivity contribution is 7.99. The van der Waals surface area contributed by atoms with Crippen LogP contribution in [0.3, 0.4) is 0 Å². The highest BCUT2D eigenvalue weighted by atomic mass is 32.2. The lowest BCUT2D eigenvalue weighted by molar-refractivity contribution is 0.380. The van der Waals surface area contributed by atoms with E-state index in [0.29, 0.717) is 41.0 Å². The number of benzene rings is 1. The second-order valence-electron chi connectivity index (χ2n) is 6.60. The Labute approximate surface area is 179 Å². The van der Waals surface area contributed by atoms with Gasteiger partial charge in [0, 0.05) is 24.8 Å². The third-order valence-electron chi connectivity index (χ3n) is 4.57. The smallest absolute Gasteiger partial charge is 0.244 e. The monoisotopic (exact) mass is 450 g/mol. The lowest BCUT2D eigenvalue weighted by atomic mass is 10.1. The van der Waals surface area contributed by atoms with Gasteiger partial charge in [0.15, 0.2) is 0 Å². The summed E-state index contributed by atoms with van der Waals surface area (Å²) in [5, 5.41) is 4.34. The van der Waals surface area contributed by atoms with Crippen molar-refractivity contribution < 1.29 is 17.3 Å². The Hall–Kier alpha value is -2.30. The van der Waals surface area contributed by atoms with E-state index in [9.17, 15) is 12.8 Å². The third kappa shape index (κ3) is 4.71. The molecule has 3 rings (SSSR count). The number of nitrogens with zero attached hydrogens (tertiary/aromatic N) is 4. The van der Waals surface area contributed by atoms with E-state index in [1.807, 2.05) is 6.92 Å². The molecular weight excluding hydrogens is 427 g/mol. The van der Waals surface area contributed by atoms with Crippen LogP contribution < -0.4 is 0 Å². The van der Waals surface area contributed by atoms with Gasteiger partial charge in [-0.1, -0.05) is 42.9 Å². The van der Waals surface area contributed by atoms with Crippen LogP contribution in [0.25, 0.3) is 11.4 Å². The minimum atomic E-state index is -3.54. The summed E-state index contributed by atoms with van der Waals surface area (Å²) >= 11 is 1.36. The zero-order valence-corrected chi connectivity index (χ0v) is 18.8. The fourth-order valence-electron chi connectivity index (χ4n) is 2.78. The van der Waals surface area contributed by atoms with E-state index in [2.05, 4.69) is 15.1 Å². The van der Waals surface area contributed by atoms with Gasteiger partial charge < -0.3 is 4.52 Å². The number of aromatic nitrogens is 3. The Morgan fingerprint density at radius 3 is 2.53 bits per heavy atom. The van der Waals surface area contributed by atoms with Crippen molar-refractivity contribution >= 4 is 21.8 Å². The first kappa shape index (κ1) is 22.4. The van der Waals surface area contributed by atoms with E-state index in [0.717, 1.165) is 0 Å². The number of rotatable bonds is 8. The van der Waals surface area contributed by atoms with Gasteiger partial charge in [-0.2, -0.15) is 9.29 Å². The molecule has 3 aromatic rings. The average molecular weight is 451 g/mol. The predicted octanol–water partition coefficient (Wildman–Crippen LogP) is 4.46. The van der Waals surface area contributed by atoms with Gasteiger partial charge in [0.1, 0.15) is 10.7 Å². The van der Waals surface area contributed by atoms with Crippen LogP contribution in [0.1, 0.15) is 37.5 Å². The summed E-state index contributed by atoms with van der Waals surface area (Å²) in [7, 11) is -3.54. The van der Waals surface area contributed by atoms with Crippen molar-refractivity contribution in [3.63, 3.8) is 0 Å². The normalized spacial score (nSPS) is 13.0. The molecule has 2 heterocycles. The quantitative estimate of drug-likeness (QED) is 0.468. The minimum Gasteiger partial charge on any atom is -0.338 e. The molecule has 0 N–H and O–H groups in total. The van der Waals surface area contributed by atoms with Crippen LogP contribution in [0.2, 0.25) is 0 Å². The van der Waals surface area contributed by atoms with Gasteiger partial charge >= 0.3 is 0 Å². The molecular formula is C20H23FN4O3S2. The molecule has 0 bridgehead atoms. The lowest BCUT2D eigenvalue weighted by Gasteiger charge is -2.18. The molecule has 0 aliphatic carbocycles. The zero-order valence-electron chi connectivity index (χ0n) is 17.2. The second-order valence-corrected chi connectivity index (χ2v) is 9.90. The molecule has 0 saturated heterocycles. The van der Waals surface area contributed by atoms with Gasteiger partial charge in [0.05, 0.1) is 10.3 Å². The maximum atomic E-state index is 13.8. The van der Waals surface area contributed by atoms with Crippen molar-refractivity contribution in [1.82, 2.24) is 19.4 Å². The molecule has 1 atom stereocenters. The summed E-state index contributed by atoms with van der Waals surface area (Å²) in [5.74, 6) is 0.354. The maximum Gasteiger partial charge on any atom is 0.244 e. The van der Waals surface area contributed by atoms with Crippen LogP contribution in [-0.4, -0.2) is 40.9 Å². The number of thioether (sulfide) groups is 1. The second kappa shape index (κ2) is 9.23. The number of aryl methyl sites for hydroxylation is 1. The summed E-state index contributed by atoms with van der Waals surface area (Å²) in [5.41, 5.74) is 1.08. The molecule has 1 aromatic carbocycles. The van der Waals surface area contributed by atoms with E-state index in [-0.39, 0.29) is 16.0 Å². The molecule has 0 saturated carbocycles. The first-order valence-corrected chi connectivity index (χ1v) is 11.8. The van der Waals surface area contributed by atoms with E-state index >= 15 is 0 Å². The van der Waals surface area contributed by atoms with Crippen molar-refractivity contribution in [1.29, 1.82) is 0 Å². The Balaban J connectivity index is 1.73. The molecule has 0 unspecified atom stereocenters. The average Bonchev–Trinajstić information content (AvgIpc) is 3.21. The van der Waals surface area contributed by atoms with Gasteiger partial charge in [0.25, 0.3) is 0 Å². The SMILES string of the molecule is CCN(CC)S(=O)(=O)c1ccc(S[C@@H](C)c2nc(-c3ccc(C)c(F)c3)no2)nc1. The summed E-state index contributed by atoms with van der Waals surface area (Å²) in [6, 6.07) is 7.98. The van der Waals surface area contributed by atoms with Crippen molar-refractivity contribution in [3.05, 3.63) is 53.8 Å². The van der Waals surface area contributed by atoms with Crippen LogP contribution in [-0.2, 0) is 10.0 Å². The van der Waals surface area contributed by atoms with Crippen molar-refractivity contribution in [3.8, 4) is 11.4 Å². The number of halogens is 1. The van der Waals surface area contributed by atoms with Crippen LogP contribution in [0.5, 0.6) is 0 Å². The van der Waals surface area contributed by atoms with E-state index in [1.54, 1.807) is 45.0 Å². The highest BCUT2D eigenvalue weighted by Crippen LogP contribution is 2.34. The molecule has 0 radical (unpaired) electrons. The van der Waals surface area contributed by atoms with E-state index in [4.69, 9.17) is 4.52 Å². The largest absolute Gasteiger partial charge is 0.338 e. The summed E-state index contributed by atoms with van der Waals surface area (Å²) in [4.78, 5) is 8.78. The molecule has 0 spiro atoms. The van der Waals surface area contributed by atoms with Gasteiger partial charge in [-0.05, 0) is 37.6 Å². The van der Waals surface area contributed by atoms with Crippen LogP contribution in [0, 0.1) is 12.7 Å². The fraction of sp³-hybridized carbons (Fsp3) is 0.350. The number of hydrogen-bond donors (Lipinski definition) is 0. The van der Waals surface area contributed by atoms with Crippen molar-refractivity contribution in [2.24, 2.45) is 0 Å². The molecule has 0 fully saturated rings. The zero-order chi connectivity index (χ0) is 21.9. The number of pyridine rings is 1. The minimum absolute atomic E-state index is 0.157. The summed E-state index contributed by atoms with van der Waals surface area (Å²) in [6.07, 6.45) is 1.36. The Kier molecular flexibility index (Phi) is 6.89. The summed E-state index contributed by atoms with van der Waals surface area (Å²) < 4.78 is 45.6. The van der Waals surface area contributed by atoms with Gasteiger partial charge in [-0.3, -0.25) is 0 Å². The Bertz CT molecular complexity index is 1110. The lowest BCUT2D eigenvalue weighted by Crippen LogP contribution is -2.30. The Morgan fingerprint density at radius 2 is 1.93 bits per heavy atom. The maximum absolute atomic E-state index is 13.8. The standard InChI is InChI=1S/C20H23FN4O3S2/c1-5-25(6-2)30(26,27)16-9-10-18(22-12-16)29-14(4)20-23-19(24-28-20)15-8-7-13(3)17(21)11-15/h7-12,14H,5-6H2,1-4H3/t14-/m0/s1. The van der Waals surface area contributed by atoms with E-state index in [1.165, 1.54) is 28.3 Å². The van der Waals surface area contributed by atoms with Gasteiger partial charge in [-0.25, -0.2) is 17.8 Å². The first-order chi connectivity index (χ1) is 14.3. The molecule has 2 aromatic heterocycles. The van der Waals surface area contributed by atoms with Crippen LogP contribution in [0.4, 0.5) is 4.39 Å². The predicted molar refractivity (Wildman–Crippen MR) is 113 cm³/mol. The molecule has 7 nitrogen and oxygen atoms in total. The number of sulfonamides is 1. The molecule has 0 aliphatic heterocycles. The van der Waals surface area contributed by atoms with E-state index < -0.39 is 10.0 Å². The van der Waals surface area contributed by atoms with Gasteiger partial charge in [0.2, 0.25) is 21.7 Å². The van der Waals surface area contributed by atoms with Gasteiger partial charge in [-0.15, -0.1) is 0 Å². The molecule has 30 heavy (non-hydrogen) atoms. The third-order valence-corrected chi connectivity index (χ3v) is 7.64. The topological polar surface area (TPSA) is 89.2 Å². The fourth-order valence-corrected chi connectivity index (χ4v) is 5.01.